The van der Waals surface area contributed by atoms with Crippen molar-refractivity contribution in [2.24, 2.45) is 5.73 Å². The van der Waals surface area contributed by atoms with Gasteiger partial charge in [0.25, 0.3) is 0 Å². The van der Waals surface area contributed by atoms with Crippen molar-refractivity contribution in [1.82, 2.24) is 15.1 Å². The fraction of sp³-hybridized carbons (Fsp3) is 0.364. The van der Waals surface area contributed by atoms with E-state index in [2.05, 4.69) is 15.1 Å². The van der Waals surface area contributed by atoms with Crippen LogP contribution in [0.1, 0.15) is 18.4 Å². The van der Waals surface area contributed by atoms with E-state index < -0.39 is 0 Å². The molecule has 0 aliphatic carbocycles. The summed E-state index contributed by atoms with van der Waals surface area (Å²) in [6, 6.07) is 1.89. The minimum absolute atomic E-state index is 0.0202. The molecule has 0 fully saturated rings. The molecular formula is C11H14N4O. The molecule has 0 spiro atoms. The lowest BCUT2D eigenvalue weighted by Gasteiger charge is -1.98. The van der Waals surface area contributed by atoms with Crippen molar-refractivity contribution >= 4 is 0 Å². The Morgan fingerprint density at radius 1 is 1.50 bits per heavy atom. The molecule has 0 saturated carbocycles. The minimum Gasteiger partial charge on any atom is -0.339 e. The smallest absolute Gasteiger partial charge is 0.228 e. The Hall–Kier alpha value is -1.75. The molecule has 0 amide bonds. The van der Waals surface area contributed by atoms with Gasteiger partial charge in [0.1, 0.15) is 0 Å². The van der Waals surface area contributed by atoms with Crippen LogP contribution in [0.2, 0.25) is 0 Å². The monoisotopic (exact) mass is 218 g/mol. The number of nitrogens with zero attached hydrogens (tertiary/aromatic N) is 3. The van der Waals surface area contributed by atoms with Gasteiger partial charge in [-0.25, -0.2) is 0 Å². The van der Waals surface area contributed by atoms with E-state index in [1.807, 2.05) is 19.9 Å². The minimum atomic E-state index is 0.0202. The third-order valence-corrected chi connectivity index (χ3v) is 2.23. The second-order valence-electron chi connectivity index (χ2n) is 3.88. The van der Waals surface area contributed by atoms with Gasteiger partial charge in [-0.3, -0.25) is 4.98 Å². The second-order valence-corrected chi connectivity index (χ2v) is 3.88. The summed E-state index contributed by atoms with van der Waals surface area (Å²) in [7, 11) is 0. The quantitative estimate of drug-likeness (QED) is 0.840. The first kappa shape index (κ1) is 10.8. The molecule has 84 valence electrons. The molecule has 1 atom stereocenters. The summed E-state index contributed by atoms with van der Waals surface area (Å²) in [5.41, 5.74) is 7.63. The predicted octanol–water partition coefficient (Wildman–Crippen LogP) is 1.33. The van der Waals surface area contributed by atoms with Crippen LogP contribution in [-0.2, 0) is 6.42 Å². The van der Waals surface area contributed by atoms with Gasteiger partial charge in [0.05, 0.1) is 0 Å². The van der Waals surface area contributed by atoms with Gasteiger partial charge in [0, 0.05) is 30.4 Å². The van der Waals surface area contributed by atoms with Crippen LogP contribution in [0.5, 0.6) is 0 Å². The lowest BCUT2D eigenvalue weighted by atomic mass is 10.1. The molecule has 2 N–H and O–H groups in total. The zero-order valence-electron chi connectivity index (χ0n) is 9.34. The number of nitrogens with two attached hydrogens (primary N) is 1. The second kappa shape index (κ2) is 4.40. The van der Waals surface area contributed by atoms with Crippen molar-refractivity contribution in [1.29, 1.82) is 0 Å². The third kappa shape index (κ3) is 2.25. The zero-order valence-corrected chi connectivity index (χ0v) is 9.34. The lowest BCUT2D eigenvalue weighted by Crippen LogP contribution is -2.17. The normalized spacial score (nSPS) is 12.7. The van der Waals surface area contributed by atoms with Crippen molar-refractivity contribution in [2.45, 2.75) is 26.3 Å². The topological polar surface area (TPSA) is 77.8 Å². The Kier molecular flexibility index (Phi) is 2.96. The van der Waals surface area contributed by atoms with Gasteiger partial charge in [-0.15, -0.1) is 0 Å². The van der Waals surface area contributed by atoms with Gasteiger partial charge >= 0.3 is 0 Å². The van der Waals surface area contributed by atoms with Crippen molar-refractivity contribution in [3.05, 3.63) is 29.9 Å². The Labute approximate surface area is 93.7 Å². The van der Waals surface area contributed by atoms with Crippen LogP contribution in [0.15, 0.2) is 23.0 Å². The largest absolute Gasteiger partial charge is 0.339 e. The molecule has 0 saturated heterocycles. The maximum atomic E-state index is 5.66. The van der Waals surface area contributed by atoms with Crippen LogP contribution in [0.3, 0.4) is 0 Å². The van der Waals surface area contributed by atoms with Crippen LogP contribution >= 0.6 is 0 Å². The summed E-state index contributed by atoms with van der Waals surface area (Å²) >= 11 is 0. The highest BCUT2D eigenvalue weighted by molar-refractivity contribution is 5.57. The van der Waals surface area contributed by atoms with Gasteiger partial charge in [0.15, 0.2) is 0 Å². The van der Waals surface area contributed by atoms with Gasteiger partial charge in [0.2, 0.25) is 11.7 Å². The molecule has 2 rings (SSSR count). The van der Waals surface area contributed by atoms with Crippen LogP contribution in [-0.4, -0.2) is 21.2 Å². The summed E-state index contributed by atoms with van der Waals surface area (Å²) in [6.07, 6.45) is 4.08. The Morgan fingerprint density at radius 2 is 2.31 bits per heavy atom. The van der Waals surface area contributed by atoms with Crippen molar-refractivity contribution in [3.8, 4) is 11.4 Å². The molecule has 0 aromatic carbocycles. The van der Waals surface area contributed by atoms with Crippen molar-refractivity contribution < 1.29 is 4.52 Å². The average molecular weight is 218 g/mol. The number of hydrogen-bond acceptors (Lipinski definition) is 5. The summed E-state index contributed by atoms with van der Waals surface area (Å²) in [4.78, 5) is 8.32. The summed E-state index contributed by atoms with van der Waals surface area (Å²) < 4.78 is 5.12. The number of aryl methyl sites for hydroxylation is 1. The average Bonchev–Trinajstić information content (AvgIpc) is 2.66. The van der Waals surface area contributed by atoms with Gasteiger partial charge in [-0.05, 0) is 25.5 Å². The van der Waals surface area contributed by atoms with Crippen LogP contribution in [0.25, 0.3) is 11.4 Å². The molecule has 0 bridgehead atoms. The lowest BCUT2D eigenvalue weighted by molar-refractivity contribution is 0.372. The van der Waals surface area contributed by atoms with E-state index in [1.165, 1.54) is 0 Å². The molecule has 1 unspecified atom stereocenters. The maximum absolute atomic E-state index is 5.66. The van der Waals surface area contributed by atoms with E-state index in [9.17, 15) is 0 Å². The van der Waals surface area contributed by atoms with Gasteiger partial charge < -0.3 is 10.3 Å². The molecule has 5 nitrogen and oxygen atoms in total. The molecule has 16 heavy (non-hydrogen) atoms. The molecule has 2 aromatic heterocycles. The number of pyridine rings is 1. The maximum Gasteiger partial charge on any atom is 0.228 e. The Morgan fingerprint density at radius 3 is 3.00 bits per heavy atom. The fourth-order valence-corrected chi connectivity index (χ4v) is 1.45. The van der Waals surface area contributed by atoms with Crippen molar-refractivity contribution in [3.63, 3.8) is 0 Å². The fourth-order valence-electron chi connectivity index (χ4n) is 1.45. The standard InChI is InChI=1S/C11H14N4O/c1-7-6-13-4-3-9(7)11-14-10(16-15-11)5-8(2)12/h3-4,6,8H,5,12H2,1-2H3. The predicted molar refractivity (Wildman–Crippen MR) is 59.6 cm³/mol. The molecule has 0 radical (unpaired) electrons. The number of aromatic nitrogens is 3. The van der Waals surface area contributed by atoms with E-state index >= 15 is 0 Å². The highest BCUT2D eigenvalue weighted by atomic mass is 16.5. The zero-order chi connectivity index (χ0) is 11.5. The summed E-state index contributed by atoms with van der Waals surface area (Å²) in [5, 5.41) is 3.93. The van der Waals surface area contributed by atoms with Crippen LogP contribution < -0.4 is 5.73 Å². The van der Waals surface area contributed by atoms with E-state index in [0.29, 0.717) is 18.1 Å². The van der Waals surface area contributed by atoms with Crippen LogP contribution in [0, 0.1) is 6.92 Å². The Balaban J connectivity index is 2.28. The molecule has 0 aliphatic heterocycles. The van der Waals surface area contributed by atoms with E-state index in [0.717, 1.165) is 11.1 Å². The molecular weight excluding hydrogens is 204 g/mol. The molecule has 5 heteroatoms. The SMILES string of the molecule is Cc1cnccc1-c1noc(CC(C)N)n1. The summed E-state index contributed by atoms with van der Waals surface area (Å²) in [5.74, 6) is 1.16. The number of rotatable bonds is 3. The number of hydrogen-bond donors (Lipinski definition) is 1. The third-order valence-electron chi connectivity index (χ3n) is 2.23. The first-order valence-corrected chi connectivity index (χ1v) is 5.16. The molecule has 2 heterocycles. The van der Waals surface area contributed by atoms with E-state index in [1.54, 1.807) is 12.4 Å². The first-order valence-electron chi connectivity index (χ1n) is 5.16. The Bertz CT molecular complexity index is 478. The highest BCUT2D eigenvalue weighted by Crippen LogP contribution is 2.18. The van der Waals surface area contributed by atoms with Gasteiger partial charge in [-0.1, -0.05) is 5.16 Å². The highest BCUT2D eigenvalue weighted by Gasteiger charge is 2.11. The summed E-state index contributed by atoms with van der Waals surface area (Å²) in [6.45, 7) is 3.87. The van der Waals surface area contributed by atoms with Crippen molar-refractivity contribution in [2.75, 3.05) is 0 Å². The first-order chi connectivity index (χ1) is 7.66. The van der Waals surface area contributed by atoms with E-state index in [4.69, 9.17) is 10.3 Å². The molecule has 2 aromatic rings. The van der Waals surface area contributed by atoms with Crippen LogP contribution in [0.4, 0.5) is 0 Å². The molecule has 0 aliphatic rings. The van der Waals surface area contributed by atoms with E-state index in [-0.39, 0.29) is 6.04 Å². The van der Waals surface area contributed by atoms with Gasteiger partial charge in [-0.2, -0.15) is 4.98 Å².